The number of aromatic nitrogens is 3. The highest BCUT2D eigenvalue weighted by Gasteiger charge is 2.37. The third kappa shape index (κ3) is 3.11. The minimum atomic E-state index is -1.17. The molecule has 2 N–H and O–H groups in total. The summed E-state index contributed by atoms with van der Waals surface area (Å²) in [5.41, 5.74) is 10.6. The van der Waals surface area contributed by atoms with Gasteiger partial charge in [-0.3, -0.25) is 4.90 Å². The van der Waals surface area contributed by atoms with E-state index in [2.05, 4.69) is 15.0 Å². The summed E-state index contributed by atoms with van der Waals surface area (Å²) < 4.78 is 42.9. The quantitative estimate of drug-likeness (QED) is 0.669. The van der Waals surface area contributed by atoms with Crippen molar-refractivity contribution >= 4 is 5.65 Å². The van der Waals surface area contributed by atoms with Gasteiger partial charge in [0.25, 0.3) is 0 Å². The third-order valence-corrected chi connectivity index (χ3v) is 6.34. The van der Waals surface area contributed by atoms with Crippen molar-refractivity contribution in [3.63, 3.8) is 0 Å². The maximum atomic E-state index is 14.2. The van der Waals surface area contributed by atoms with Crippen LogP contribution < -0.4 is 5.73 Å². The Morgan fingerprint density at radius 3 is 2.66 bits per heavy atom. The van der Waals surface area contributed by atoms with Gasteiger partial charge in [-0.15, -0.1) is 0 Å². The number of rotatable bonds is 2. The van der Waals surface area contributed by atoms with Gasteiger partial charge < -0.3 is 5.73 Å². The van der Waals surface area contributed by atoms with Gasteiger partial charge >= 0.3 is 0 Å². The number of nitrogens with zero attached hydrogens (tertiary/aromatic N) is 4. The number of halogens is 3. The normalized spacial score (nSPS) is 24.9. The zero-order valence-corrected chi connectivity index (χ0v) is 16.1. The Morgan fingerprint density at radius 1 is 1.07 bits per heavy atom. The molecule has 5 nitrogen and oxygen atoms in total. The van der Waals surface area contributed by atoms with Gasteiger partial charge in [0.15, 0.2) is 17.3 Å². The van der Waals surface area contributed by atoms with Crippen molar-refractivity contribution in [1.29, 1.82) is 0 Å². The van der Waals surface area contributed by atoms with Crippen LogP contribution in [0.15, 0.2) is 24.4 Å². The number of fused-ring (bicyclic) bond motifs is 3. The van der Waals surface area contributed by atoms with Crippen molar-refractivity contribution in [2.45, 2.75) is 57.3 Å². The van der Waals surface area contributed by atoms with Gasteiger partial charge in [0.2, 0.25) is 0 Å². The van der Waals surface area contributed by atoms with Crippen LogP contribution in [0.2, 0.25) is 0 Å². The van der Waals surface area contributed by atoms with Gasteiger partial charge in [-0.25, -0.2) is 22.7 Å². The second-order valence-electron chi connectivity index (χ2n) is 8.19. The molecular weight excluding hydrogens is 379 g/mol. The number of hydrogen-bond acceptors (Lipinski definition) is 4. The Hall–Kier alpha value is -2.45. The van der Waals surface area contributed by atoms with Crippen molar-refractivity contribution in [2.24, 2.45) is 5.73 Å². The average Bonchev–Trinajstić information content (AvgIpc) is 3.23. The number of nitrogens with two attached hydrogens (primary N) is 1. The van der Waals surface area contributed by atoms with Crippen molar-refractivity contribution < 1.29 is 13.2 Å². The Kier molecular flexibility index (Phi) is 4.36. The molecule has 1 aliphatic heterocycles. The summed E-state index contributed by atoms with van der Waals surface area (Å²) >= 11 is 0. The highest BCUT2D eigenvalue weighted by atomic mass is 19.2. The Bertz CT molecular complexity index is 1100. The lowest BCUT2D eigenvalue weighted by Crippen LogP contribution is -2.44. The van der Waals surface area contributed by atoms with E-state index in [1.807, 2.05) is 23.7 Å². The van der Waals surface area contributed by atoms with E-state index in [1.165, 1.54) is 0 Å². The number of aryl methyl sites for hydroxylation is 1. The molecule has 152 valence electrons. The molecule has 3 heterocycles. The Balaban J connectivity index is 1.32. The zero-order chi connectivity index (χ0) is 20.3. The third-order valence-electron chi connectivity index (χ3n) is 6.34. The monoisotopic (exact) mass is 401 g/mol. The molecular formula is C21H22F3N5. The lowest BCUT2D eigenvalue weighted by atomic mass is 9.77. The van der Waals surface area contributed by atoms with E-state index in [0.29, 0.717) is 18.9 Å². The van der Waals surface area contributed by atoms with Gasteiger partial charge in [0.05, 0.1) is 5.69 Å². The van der Waals surface area contributed by atoms with Crippen LogP contribution in [-0.2, 0) is 13.1 Å². The molecule has 2 aliphatic rings. The second-order valence-corrected chi connectivity index (χ2v) is 8.19. The second kappa shape index (κ2) is 6.81. The van der Waals surface area contributed by atoms with E-state index in [9.17, 15) is 13.2 Å². The Morgan fingerprint density at radius 2 is 1.86 bits per heavy atom. The van der Waals surface area contributed by atoms with E-state index >= 15 is 0 Å². The van der Waals surface area contributed by atoms with Crippen molar-refractivity contribution in [3.05, 3.63) is 64.4 Å². The molecule has 3 aromatic rings. The minimum Gasteiger partial charge on any atom is -0.327 e. The van der Waals surface area contributed by atoms with Gasteiger partial charge in [-0.05, 0) is 43.9 Å². The van der Waals surface area contributed by atoms with E-state index in [4.69, 9.17) is 5.73 Å². The average molecular weight is 401 g/mol. The highest BCUT2D eigenvalue weighted by molar-refractivity contribution is 5.52. The summed E-state index contributed by atoms with van der Waals surface area (Å²) in [4.78, 5) is 6.97. The largest absolute Gasteiger partial charge is 0.327 e. The summed E-state index contributed by atoms with van der Waals surface area (Å²) in [5.74, 6) is -3.24. The summed E-state index contributed by atoms with van der Waals surface area (Å²) in [6.45, 7) is 3.46. The molecule has 0 amide bonds. The molecule has 1 fully saturated rings. The van der Waals surface area contributed by atoms with Crippen LogP contribution in [0, 0.1) is 24.4 Å². The van der Waals surface area contributed by atoms with E-state index in [-0.39, 0.29) is 23.6 Å². The van der Waals surface area contributed by atoms with Crippen molar-refractivity contribution in [2.75, 3.05) is 0 Å². The first-order chi connectivity index (χ1) is 13.9. The zero-order valence-electron chi connectivity index (χ0n) is 16.1. The summed E-state index contributed by atoms with van der Waals surface area (Å²) in [7, 11) is 0. The van der Waals surface area contributed by atoms with Crippen molar-refractivity contribution in [1.82, 2.24) is 19.5 Å². The fourth-order valence-corrected chi connectivity index (χ4v) is 4.83. The molecule has 0 unspecified atom stereocenters. The molecule has 8 heteroatoms. The van der Waals surface area contributed by atoms with E-state index in [1.54, 1.807) is 0 Å². The SMILES string of the molecule is Cc1ccn2nc3c(c2n1)CN([C@H]1CC[C@H](c2cc(F)c(F)cc2F)[C@@H](N)C1)C3. The topological polar surface area (TPSA) is 59.5 Å². The summed E-state index contributed by atoms with van der Waals surface area (Å²) in [6, 6.07) is 3.44. The van der Waals surface area contributed by atoms with Gasteiger partial charge in [0, 0.05) is 54.6 Å². The maximum Gasteiger partial charge on any atom is 0.161 e. The molecule has 3 atom stereocenters. The number of benzene rings is 1. The lowest BCUT2D eigenvalue weighted by Gasteiger charge is -2.38. The minimum absolute atomic E-state index is 0.178. The smallest absolute Gasteiger partial charge is 0.161 e. The van der Waals surface area contributed by atoms with Gasteiger partial charge in [0.1, 0.15) is 5.82 Å². The van der Waals surface area contributed by atoms with Crippen LogP contribution in [0.4, 0.5) is 13.2 Å². The van der Waals surface area contributed by atoms with Gasteiger partial charge in [-0.2, -0.15) is 5.10 Å². The van der Waals surface area contributed by atoms with Crippen LogP contribution in [-0.4, -0.2) is 31.6 Å². The fraction of sp³-hybridized carbons (Fsp3) is 0.429. The summed E-state index contributed by atoms with van der Waals surface area (Å²) in [6.07, 6.45) is 4.05. The highest BCUT2D eigenvalue weighted by Crippen LogP contribution is 2.38. The fourth-order valence-electron chi connectivity index (χ4n) is 4.83. The van der Waals surface area contributed by atoms with E-state index < -0.39 is 17.5 Å². The van der Waals surface area contributed by atoms with Gasteiger partial charge in [-0.1, -0.05) is 0 Å². The molecule has 0 radical (unpaired) electrons. The number of hydrogen-bond donors (Lipinski definition) is 1. The first-order valence-corrected chi connectivity index (χ1v) is 9.88. The van der Waals surface area contributed by atoms with Crippen LogP contribution in [0.25, 0.3) is 5.65 Å². The molecule has 0 spiro atoms. The standard InChI is InChI=1S/C21H22F3N5/c1-11-4-5-29-21(26-11)15-9-28(10-20(15)27-29)12-2-3-13(19(25)6-12)14-7-17(23)18(24)8-16(14)22/h4-5,7-8,12-13,19H,2-3,6,9-10,25H2,1H3/t12-,13+,19-/m0/s1. The van der Waals surface area contributed by atoms with Crippen LogP contribution in [0.5, 0.6) is 0 Å². The molecule has 5 rings (SSSR count). The first-order valence-electron chi connectivity index (χ1n) is 9.88. The first kappa shape index (κ1) is 18.6. The van der Waals surface area contributed by atoms with Crippen LogP contribution >= 0.6 is 0 Å². The van der Waals surface area contributed by atoms with Crippen molar-refractivity contribution in [3.8, 4) is 0 Å². The summed E-state index contributed by atoms with van der Waals surface area (Å²) in [5, 5.41) is 4.65. The molecule has 1 saturated carbocycles. The maximum absolute atomic E-state index is 14.2. The predicted molar refractivity (Wildman–Crippen MR) is 102 cm³/mol. The van der Waals surface area contributed by atoms with Crippen LogP contribution in [0.3, 0.4) is 0 Å². The molecule has 29 heavy (non-hydrogen) atoms. The lowest BCUT2D eigenvalue weighted by molar-refractivity contribution is 0.136. The molecule has 2 aromatic heterocycles. The Labute approximate surface area is 166 Å². The molecule has 0 saturated heterocycles. The van der Waals surface area contributed by atoms with Crippen LogP contribution in [0.1, 0.15) is 47.7 Å². The van der Waals surface area contributed by atoms with E-state index in [0.717, 1.165) is 48.2 Å². The predicted octanol–water partition coefficient (Wildman–Crippen LogP) is 3.43. The molecule has 0 bridgehead atoms. The molecule has 1 aromatic carbocycles. The molecule has 1 aliphatic carbocycles.